The Bertz CT molecular complexity index is 72.9. The van der Waals surface area contributed by atoms with Gasteiger partial charge in [-0.3, -0.25) is 9.80 Å². The van der Waals surface area contributed by atoms with Crippen molar-refractivity contribution in [2.24, 2.45) is 5.73 Å². The molecule has 0 aliphatic rings. The van der Waals surface area contributed by atoms with Gasteiger partial charge in [-0.05, 0) is 41.2 Å². The molecule has 0 aromatic heterocycles. The number of nitrogens with zero attached hydrogens (tertiary/aromatic N) is 2. The van der Waals surface area contributed by atoms with Gasteiger partial charge in [0.15, 0.2) is 0 Å². The second-order valence-corrected chi connectivity index (χ2v) is 2.99. The van der Waals surface area contributed by atoms with Gasteiger partial charge in [0.2, 0.25) is 0 Å². The summed E-state index contributed by atoms with van der Waals surface area (Å²) in [7, 11) is 8.28. The summed E-state index contributed by atoms with van der Waals surface area (Å²) in [5.74, 6) is 0. The smallest absolute Gasteiger partial charge is 0.0624 e. The minimum Gasteiger partial charge on any atom is -0.330 e. The van der Waals surface area contributed by atoms with Crippen molar-refractivity contribution in [1.82, 2.24) is 9.80 Å². The molecule has 0 aromatic carbocycles. The fourth-order valence-corrected chi connectivity index (χ4v) is 1.13. The van der Waals surface area contributed by atoms with Gasteiger partial charge in [-0.25, -0.2) is 0 Å². The van der Waals surface area contributed by atoms with Crippen molar-refractivity contribution in [3.8, 4) is 0 Å². The van der Waals surface area contributed by atoms with Crippen LogP contribution in [0.15, 0.2) is 0 Å². The predicted molar refractivity (Wildman–Crippen MR) is 44.8 cm³/mol. The van der Waals surface area contributed by atoms with E-state index in [0.717, 1.165) is 13.0 Å². The molecule has 0 saturated carbocycles. The molecule has 3 heteroatoms. The summed E-state index contributed by atoms with van der Waals surface area (Å²) >= 11 is 0. The van der Waals surface area contributed by atoms with E-state index in [0.29, 0.717) is 6.17 Å². The normalized spacial score (nSPS) is 12.0. The van der Waals surface area contributed by atoms with E-state index in [9.17, 15) is 0 Å². The molecule has 0 rings (SSSR count). The molecule has 3 nitrogen and oxygen atoms in total. The van der Waals surface area contributed by atoms with E-state index in [1.165, 1.54) is 0 Å². The summed E-state index contributed by atoms with van der Waals surface area (Å²) in [6.45, 7) is 0.751. The maximum atomic E-state index is 5.45. The van der Waals surface area contributed by atoms with Crippen molar-refractivity contribution in [1.29, 1.82) is 0 Å². The van der Waals surface area contributed by atoms with Crippen molar-refractivity contribution in [3.63, 3.8) is 0 Å². The van der Waals surface area contributed by atoms with Crippen LogP contribution >= 0.6 is 0 Å². The summed E-state index contributed by atoms with van der Waals surface area (Å²) < 4.78 is 0. The zero-order chi connectivity index (χ0) is 8.15. The molecule has 0 amide bonds. The fraction of sp³-hybridized carbons (Fsp3) is 1.00. The lowest BCUT2D eigenvalue weighted by Gasteiger charge is -2.29. The highest BCUT2D eigenvalue weighted by Gasteiger charge is 2.11. The van der Waals surface area contributed by atoms with Crippen LogP contribution in [0, 0.1) is 0 Å². The van der Waals surface area contributed by atoms with Crippen LogP contribution in [0.5, 0.6) is 0 Å². The van der Waals surface area contributed by atoms with Crippen LogP contribution in [0.25, 0.3) is 0 Å². The molecular weight excluding hydrogens is 126 g/mol. The predicted octanol–water partition coefficient (Wildman–Crippen LogP) is -0.215. The molecule has 0 unspecified atom stereocenters. The molecule has 0 aromatic rings. The third-order valence-corrected chi connectivity index (χ3v) is 1.62. The lowest BCUT2D eigenvalue weighted by Crippen LogP contribution is -2.41. The van der Waals surface area contributed by atoms with Crippen LogP contribution in [-0.2, 0) is 0 Å². The molecule has 0 heterocycles. The summed E-state index contributed by atoms with van der Waals surface area (Å²) in [6.07, 6.45) is 1.50. The number of rotatable bonds is 4. The van der Waals surface area contributed by atoms with Crippen LogP contribution < -0.4 is 5.73 Å². The van der Waals surface area contributed by atoms with Crippen molar-refractivity contribution in [2.75, 3.05) is 34.7 Å². The molecule has 0 bridgehead atoms. The second-order valence-electron chi connectivity index (χ2n) is 2.99. The van der Waals surface area contributed by atoms with E-state index in [-0.39, 0.29) is 0 Å². The van der Waals surface area contributed by atoms with Crippen LogP contribution in [0.4, 0.5) is 0 Å². The van der Waals surface area contributed by atoms with Gasteiger partial charge in [-0.1, -0.05) is 0 Å². The number of nitrogens with two attached hydrogens (primary N) is 1. The monoisotopic (exact) mass is 145 g/mol. The van der Waals surface area contributed by atoms with Crippen molar-refractivity contribution >= 4 is 0 Å². The van der Waals surface area contributed by atoms with Gasteiger partial charge in [-0.15, -0.1) is 0 Å². The highest BCUT2D eigenvalue weighted by atomic mass is 15.3. The standard InChI is InChI=1S/C7H19N3/c1-9(2)7(5-6-8)10(3)4/h7H,5-6,8H2,1-4H3. The Balaban J connectivity index is 3.73. The number of hydrogen-bond acceptors (Lipinski definition) is 3. The Morgan fingerprint density at radius 3 is 1.60 bits per heavy atom. The van der Waals surface area contributed by atoms with E-state index in [4.69, 9.17) is 5.73 Å². The molecule has 0 atom stereocenters. The number of hydrogen-bond donors (Lipinski definition) is 1. The van der Waals surface area contributed by atoms with E-state index in [1.54, 1.807) is 0 Å². The largest absolute Gasteiger partial charge is 0.330 e. The average Bonchev–Trinajstić information content (AvgIpc) is 1.81. The van der Waals surface area contributed by atoms with Crippen LogP contribution in [-0.4, -0.2) is 50.7 Å². The van der Waals surface area contributed by atoms with Crippen LogP contribution in [0.2, 0.25) is 0 Å². The lowest BCUT2D eigenvalue weighted by molar-refractivity contribution is 0.123. The van der Waals surface area contributed by atoms with Crippen molar-refractivity contribution in [2.45, 2.75) is 12.6 Å². The zero-order valence-corrected chi connectivity index (χ0v) is 7.46. The van der Waals surface area contributed by atoms with E-state index < -0.39 is 0 Å². The second kappa shape index (κ2) is 4.66. The zero-order valence-electron chi connectivity index (χ0n) is 7.46. The molecule has 0 aliphatic carbocycles. The molecule has 10 heavy (non-hydrogen) atoms. The molecule has 0 fully saturated rings. The fourth-order valence-electron chi connectivity index (χ4n) is 1.13. The van der Waals surface area contributed by atoms with Gasteiger partial charge in [0.05, 0.1) is 6.17 Å². The Morgan fingerprint density at radius 2 is 1.50 bits per heavy atom. The first-order chi connectivity index (χ1) is 4.59. The van der Waals surface area contributed by atoms with E-state index >= 15 is 0 Å². The molecule has 0 radical (unpaired) electrons. The van der Waals surface area contributed by atoms with Crippen LogP contribution in [0.1, 0.15) is 6.42 Å². The van der Waals surface area contributed by atoms with Gasteiger partial charge in [0.25, 0.3) is 0 Å². The highest BCUT2D eigenvalue weighted by Crippen LogP contribution is 1.99. The summed E-state index contributed by atoms with van der Waals surface area (Å²) in [5, 5.41) is 0. The van der Waals surface area contributed by atoms with E-state index in [2.05, 4.69) is 38.0 Å². The van der Waals surface area contributed by atoms with Gasteiger partial charge in [0.1, 0.15) is 0 Å². The molecule has 0 spiro atoms. The van der Waals surface area contributed by atoms with Crippen LogP contribution in [0.3, 0.4) is 0 Å². The SMILES string of the molecule is CN(C)C(CCN)N(C)C. The third kappa shape index (κ3) is 3.15. The highest BCUT2D eigenvalue weighted by molar-refractivity contribution is 4.62. The minimum absolute atomic E-state index is 0.477. The maximum absolute atomic E-state index is 5.45. The molecule has 62 valence electrons. The van der Waals surface area contributed by atoms with Gasteiger partial charge in [0, 0.05) is 0 Å². The Hall–Kier alpha value is -0.120. The first-order valence-corrected chi connectivity index (χ1v) is 3.62. The van der Waals surface area contributed by atoms with Gasteiger partial charge >= 0.3 is 0 Å². The Morgan fingerprint density at radius 1 is 1.10 bits per heavy atom. The van der Waals surface area contributed by atoms with Gasteiger partial charge < -0.3 is 5.73 Å². The van der Waals surface area contributed by atoms with E-state index in [1.807, 2.05) is 0 Å². The summed E-state index contributed by atoms with van der Waals surface area (Å²) in [6, 6.07) is 0. The summed E-state index contributed by atoms with van der Waals surface area (Å²) in [5.41, 5.74) is 5.45. The van der Waals surface area contributed by atoms with Crippen molar-refractivity contribution < 1.29 is 0 Å². The molecule has 0 saturated heterocycles. The lowest BCUT2D eigenvalue weighted by atomic mass is 10.3. The first-order valence-electron chi connectivity index (χ1n) is 3.62. The van der Waals surface area contributed by atoms with Gasteiger partial charge in [-0.2, -0.15) is 0 Å². The molecular formula is C7H19N3. The Labute approximate surface area is 63.8 Å². The topological polar surface area (TPSA) is 32.5 Å². The third-order valence-electron chi connectivity index (χ3n) is 1.62. The minimum atomic E-state index is 0.477. The molecule has 0 aliphatic heterocycles. The molecule has 2 N–H and O–H groups in total. The summed E-state index contributed by atoms with van der Waals surface area (Å²) in [4.78, 5) is 4.35. The Kier molecular flexibility index (Phi) is 4.60. The average molecular weight is 145 g/mol. The van der Waals surface area contributed by atoms with Crippen molar-refractivity contribution in [3.05, 3.63) is 0 Å². The quantitative estimate of drug-likeness (QED) is 0.555. The maximum Gasteiger partial charge on any atom is 0.0624 e. The first kappa shape index (κ1) is 9.88.